The second kappa shape index (κ2) is 8.02. The fourth-order valence-electron chi connectivity index (χ4n) is 4.59. The number of amides is 1. The highest BCUT2D eigenvalue weighted by molar-refractivity contribution is 6.52. The molecule has 1 aromatic heterocycles. The van der Waals surface area contributed by atoms with Crippen LogP contribution in [0.25, 0.3) is 16.5 Å². The SMILES string of the molecule is Cc1ccc(N2C(=O)C(=O)/C(=C(\O)c3cccc4ccccc34)C2c2ccncc2)c(C)c1. The highest BCUT2D eigenvalue weighted by Crippen LogP contribution is 2.43. The standard InChI is InChI=1S/C28H22N2O3/c1-17-10-11-23(18(2)16-17)30-25(20-12-14-29-15-13-20)24(27(32)28(30)33)26(31)22-9-5-7-19-6-3-4-8-21(19)22/h3-16,25,31H,1-2H3/b26-24-. The molecule has 1 unspecified atom stereocenters. The topological polar surface area (TPSA) is 70.5 Å². The van der Waals surface area contributed by atoms with Crippen LogP contribution in [0.5, 0.6) is 0 Å². The first-order chi connectivity index (χ1) is 16.0. The molecule has 1 N–H and O–H groups in total. The molecular weight excluding hydrogens is 412 g/mol. The summed E-state index contributed by atoms with van der Waals surface area (Å²) in [5.74, 6) is -1.55. The molecule has 1 aliphatic rings. The van der Waals surface area contributed by atoms with Crippen molar-refractivity contribution in [1.29, 1.82) is 0 Å². The van der Waals surface area contributed by atoms with Crippen LogP contribution < -0.4 is 4.90 Å². The van der Waals surface area contributed by atoms with Gasteiger partial charge in [-0.2, -0.15) is 0 Å². The minimum absolute atomic E-state index is 0.0718. The van der Waals surface area contributed by atoms with Crippen LogP contribution in [0.1, 0.15) is 28.3 Å². The van der Waals surface area contributed by atoms with Gasteiger partial charge in [-0.15, -0.1) is 0 Å². The summed E-state index contributed by atoms with van der Waals surface area (Å²) in [6.45, 7) is 3.89. The van der Waals surface area contributed by atoms with Crippen molar-refractivity contribution in [2.45, 2.75) is 19.9 Å². The molecule has 1 atom stereocenters. The lowest BCUT2D eigenvalue weighted by Gasteiger charge is -2.27. The maximum atomic E-state index is 13.4. The number of aliphatic hydroxyl groups excluding tert-OH is 1. The van der Waals surface area contributed by atoms with E-state index in [4.69, 9.17) is 0 Å². The number of aryl methyl sites for hydroxylation is 2. The van der Waals surface area contributed by atoms with Gasteiger partial charge in [0.05, 0.1) is 11.6 Å². The molecule has 1 saturated heterocycles. The number of carbonyl (C=O) groups is 2. The van der Waals surface area contributed by atoms with Crippen LogP contribution in [0, 0.1) is 13.8 Å². The Hall–Kier alpha value is -4.25. The molecule has 162 valence electrons. The molecule has 5 nitrogen and oxygen atoms in total. The molecule has 33 heavy (non-hydrogen) atoms. The number of Topliss-reactive ketones (excluding diaryl/α,β-unsaturated/α-hetero) is 1. The van der Waals surface area contributed by atoms with Gasteiger partial charge in [-0.05, 0) is 53.9 Å². The monoisotopic (exact) mass is 434 g/mol. The molecule has 1 aliphatic heterocycles. The van der Waals surface area contributed by atoms with Crippen molar-refractivity contribution < 1.29 is 14.7 Å². The maximum absolute atomic E-state index is 13.4. The third kappa shape index (κ3) is 3.38. The minimum Gasteiger partial charge on any atom is -0.507 e. The van der Waals surface area contributed by atoms with Crippen molar-refractivity contribution in [3.05, 3.63) is 113 Å². The summed E-state index contributed by atoms with van der Waals surface area (Å²) in [5.41, 5.74) is 3.87. The van der Waals surface area contributed by atoms with Crippen LogP contribution in [-0.4, -0.2) is 21.8 Å². The number of anilines is 1. The summed E-state index contributed by atoms with van der Waals surface area (Å²) in [4.78, 5) is 32.3. The molecular formula is C28H22N2O3. The summed E-state index contributed by atoms with van der Waals surface area (Å²) in [5, 5.41) is 13.2. The molecule has 0 saturated carbocycles. The zero-order chi connectivity index (χ0) is 23.1. The third-order valence-electron chi connectivity index (χ3n) is 6.12. The smallest absolute Gasteiger partial charge is 0.300 e. The Bertz CT molecular complexity index is 1440. The van der Waals surface area contributed by atoms with Crippen molar-refractivity contribution in [3.8, 4) is 0 Å². The van der Waals surface area contributed by atoms with Gasteiger partial charge in [-0.1, -0.05) is 60.2 Å². The summed E-state index contributed by atoms with van der Waals surface area (Å²) >= 11 is 0. The highest BCUT2D eigenvalue weighted by atomic mass is 16.3. The zero-order valence-corrected chi connectivity index (χ0v) is 18.3. The third-order valence-corrected chi connectivity index (χ3v) is 6.12. The number of ketones is 1. The number of hydrogen-bond acceptors (Lipinski definition) is 4. The number of fused-ring (bicyclic) bond motifs is 1. The van der Waals surface area contributed by atoms with E-state index in [1.807, 2.05) is 68.4 Å². The molecule has 1 amide bonds. The first-order valence-corrected chi connectivity index (χ1v) is 10.7. The van der Waals surface area contributed by atoms with E-state index in [1.165, 1.54) is 4.90 Å². The number of nitrogens with zero attached hydrogens (tertiary/aromatic N) is 2. The highest BCUT2D eigenvalue weighted by Gasteiger charge is 2.47. The second-order valence-corrected chi connectivity index (χ2v) is 8.27. The second-order valence-electron chi connectivity index (χ2n) is 8.27. The molecule has 4 aromatic rings. The van der Waals surface area contributed by atoms with Crippen LogP contribution in [0.15, 0.2) is 90.8 Å². The van der Waals surface area contributed by atoms with Crippen LogP contribution in [0.4, 0.5) is 5.69 Å². The van der Waals surface area contributed by atoms with Gasteiger partial charge in [0.2, 0.25) is 0 Å². The van der Waals surface area contributed by atoms with E-state index < -0.39 is 17.7 Å². The lowest BCUT2D eigenvalue weighted by atomic mass is 9.93. The fraction of sp³-hybridized carbons (Fsp3) is 0.107. The van der Waals surface area contributed by atoms with Crippen LogP contribution in [-0.2, 0) is 9.59 Å². The van der Waals surface area contributed by atoms with E-state index in [9.17, 15) is 14.7 Å². The van der Waals surface area contributed by atoms with Gasteiger partial charge in [0.1, 0.15) is 5.76 Å². The van der Waals surface area contributed by atoms with E-state index >= 15 is 0 Å². The predicted molar refractivity (Wildman–Crippen MR) is 129 cm³/mol. The fourth-order valence-corrected chi connectivity index (χ4v) is 4.59. The number of benzene rings is 3. The lowest BCUT2D eigenvalue weighted by molar-refractivity contribution is -0.132. The van der Waals surface area contributed by atoms with Crippen LogP contribution >= 0.6 is 0 Å². The molecule has 3 aromatic carbocycles. The molecule has 5 heteroatoms. The Morgan fingerprint density at radius 3 is 2.39 bits per heavy atom. The van der Waals surface area contributed by atoms with E-state index in [0.717, 1.165) is 21.9 Å². The summed E-state index contributed by atoms with van der Waals surface area (Å²) in [6, 6.07) is 21.7. The number of aromatic nitrogens is 1. The number of hydrogen-bond donors (Lipinski definition) is 1. The Morgan fingerprint density at radius 1 is 0.909 bits per heavy atom. The van der Waals surface area contributed by atoms with Crippen molar-refractivity contribution in [1.82, 2.24) is 4.98 Å². The van der Waals surface area contributed by atoms with Crippen molar-refractivity contribution in [3.63, 3.8) is 0 Å². The van der Waals surface area contributed by atoms with Gasteiger partial charge in [0.25, 0.3) is 11.7 Å². The number of pyridine rings is 1. The quantitative estimate of drug-likeness (QED) is 0.263. The first kappa shape index (κ1) is 20.6. The average Bonchev–Trinajstić information content (AvgIpc) is 3.09. The normalized spacial score (nSPS) is 17.6. The molecule has 2 heterocycles. The Kier molecular flexibility index (Phi) is 5.02. The molecule has 0 bridgehead atoms. The summed E-state index contributed by atoms with van der Waals surface area (Å²) in [7, 11) is 0. The van der Waals surface area contributed by atoms with E-state index in [0.29, 0.717) is 16.8 Å². The number of aliphatic hydroxyl groups is 1. The molecule has 5 rings (SSSR count). The van der Waals surface area contributed by atoms with Crippen LogP contribution in [0.2, 0.25) is 0 Å². The van der Waals surface area contributed by atoms with E-state index in [-0.39, 0.29) is 11.3 Å². The number of rotatable bonds is 3. The molecule has 1 fully saturated rings. The molecule has 0 spiro atoms. The van der Waals surface area contributed by atoms with E-state index in [1.54, 1.807) is 30.6 Å². The number of carbonyl (C=O) groups excluding carboxylic acids is 2. The predicted octanol–water partition coefficient (Wildman–Crippen LogP) is 5.48. The Balaban J connectivity index is 1.79. The zero-order valence-electron chi connectivity index (χ0n) is 18.3. The molecule has 0 aliphatic carbocycles. The maximum Gasteiger partial charge on any atom is 0.300 e. The van der Waals surface area contributed by atoms with Crippen LogP contribution in [0.3, 0.4) is 0 Å². The first-order valence-electron chi connectivity index (χ1n) is 10.7. The summed E-state index contributed by atoms with van der Waals surface area (Å²) in [6.07, 6.45) is 3.24. The average molecular weight is 434 g/mol. The Morgan fingerprint density at radius 2 is 1.64 bits per heavy atom. The van der Waals surface area contributed by atoms with Gasteiger partial charge in [0.15, 0.2) is 0 Å². The largest absolute Gasteiger partial charge is 0.507 e. The molecule has 0 radical (unpaired) electrons. The minimum atomic E-state index is -0.770. The van der Waals surface area contributed by atoms with E-state index in [2.05, 4.69) is 4.98 Å². The van der Waals surface area contributed by atoms with Crippen molar-refractivity contribution >= 4 is 33.9 Å². The van der Waals surface area contributed by atoms with Gasteiger partial charge in [0, 0.05) is 23.6 Å². The van der Waals surface area contributed by atoms with Gasteiger partial charge >= 0.3 is 0 Å². The lowest BCUT2D eigenvalue weighted by Crippen LogP contribution is -2.30. The van der Waals surface area contributed by atoms with Gasteiger partial charge in [-0.3, -0.25) is 19.5 Å². The summed E-state index contributed by atoms with van der Waals surface area (Å²) < 4.78 is 0. The Labute approximate surface area is 191 Å². The van der Waals surface area contributed by atoms with Gasteiger partial charge < -0.3 is 5.11 Å². The van der Waals surface area contributed by atoms with Gasteiger partial charge in [-0.25, -0.2) is 0 Å². The van der Waals surface area contributed by atoms with Crippen molar-refractivity contribution in [2.75, 3.05) is 4.90 Å². The van der Waals surface area contributed by atoms with Crippen molar-refractivity contribution in [2.24, 2.45) is 0 Å².